The zero-order valence-corrected chi connectivity index (χ0v) is 15.1. The Bertz CT molecular complexity index is 595. The van der Waals surface area contributed by atoms with Gasteiger partial charge in [0.1, 0.15) is 12.0 Å². The number of nitrogens with two attached hydrogens (primary N) is 1. The molecule has 0 radical (unpaired) electrons. The molecule has 2 saturated heterocycles. The van der Waals surface area contributed by atoms with Gasteiger partial charge in [0.25, 0.3) is 0 Å². The maximum atomic E-state index is 11.9. The van der Waals surface area contributed by atoms with E-state index in [1.807, 2.05) is 6.92 Å². The summed E-state index contributed by atoms with van der Waals surface area (Å²) in [7, 11) is 2.12. The Morgan fingerprint density at radius 3 is 2.24 bits per heavy atom. The third-order valence-corrected chi connectivity index (χ3v) is 5.06. The van der Waals surface area contributed by atoms with Crippen molar-refractivity contribution in [3.8, 4) is 0 Å². The van der Waals surface area contributed by atoms with Crippen molar-refractivity contribution in [3.05, 3.63) is 6.33 Å². The first-order chi connectivity index (χ1) is 12.1. The van der Waals surface area contributed by atoms with Crippen LogP contribution in [0.25, 0.3) is 0 Å². The second-order valence-corrected chi connectivity index (χ2v) is 6.74. The summed E-state index contributed by atoms with van der Waals surface area (Å²) in [5.74, 6) is 1.50. The highest BCUT2D eigenvalue weighted by atomic mass is 16.5. The van der Waals surface area contributed by atoms with Crippen LogP contribution in [0.1, 0.15) is 19.8 Å². The SMILES string of the molecule is CCOC(=O)C1CCN(c2ncnc(N3CCN(C)CC3)c2N)CC1. The second-order valence-electron chi connectivity index (χ2n) is 6.74. The molecule has 0 unspecified atom stereocenters. The summed E-state index contributed by atoms with van der Waals surface area (Å²) in [6.07, 6.45) is 3.13. The van der Waals surface area contributed by atoms with Gasteiger partial charge in [-0.1, -0.05) is 0 Å². The molecule has 0 bridgehead atoms. The van der Waals surface area contributed by atoms with E-state index >= 15 is 0 Å². The number of nitrogens with zero attached hydrogens (tertiary/aromatic N) is 5. The molecule has 2 fully saturated rings. The van der Waals surface area contributed by atoms with Gasteiger partial charge >= 0.3 is 5.97 Å². The van der Waals surface area contributed by atoms with Crippen molar-refractivity contribution in [2.75, 3.05) is 68.5 Å². The van der Waals surface area contributed by atoms with E-state index in [1.54, 1.807) is 6.33 Å². The zero-order valence-electron chi connectivity index (χ0n) is 15.1. The monoisotopic (exact) mass is 348 g/mol. The van der Waals surface area contributed by atoms with Gasteiger partial charge in [0, 0.05) is 39.3 Å². The van der Waals surface area contributed by atoms with Crippen molar-refractivity contribution in [1.29, 1.82) is 0 Å². The molecule has 8 nitrogen and oxygen atoms in total. The van der Waals surface area contributed by atoms with Gasteiger partial charge in [-0.25, -0.2) is 9.97 Å². The Balaban J connectivity index is 1.67. The van der Waals surface area contributed by atoms with Crippen LogP contribution < -0.4 is 15.5 Å². The van der Waals surface area contributed by atoms with Gasteiger partial charge in [-0.15, -0.1) is 0 Å². The van der Waals surface area contributed by atoms with Gasteiger partial charge in [0.05, 0.1) is 12.5 Å². The van der Waals surface area contributed by atoms with Crippen molar-refractivity contribution in [2.24, 2.45) is 5.92 Å². The summed E-state index contributed by atoms with van der Waals surface area (Å²) >= 11 is 0. The Kier molecular flexibility index (Phi) is 5.57. The predicted octanol–water partition coefficient (Wildman–Crippen LogP) is 0.590. The molecule has 2 aliphatic heterocycles. The van der Waals surface area contributed by atoms with E-state index in [0.29, 0.717) is 12.3 Å². The average molecular weight is 348 g/mol. The smallest absolute Gasteiger partial charge is 0.309 e. The first-order valence-electron chi connectivity index (χ1n) is 9.05. The number of carbonyl (C=O) groups is 1. The lowest BCUT2D eigenvalue weighted by atomic mass is 9.97. The Morgan fingerprint density at radius 1 is 1.12 bits per heavy atom. The minimum atomic E-state index is -0.0871. The summed E-state index contributed by atoms with van der Waals surface area (Å²) in [6, 6.07) is 0. The number of piperazine rings is 1. The zero-order chi connectivity index (χ0) is 17.8. The molecule has 138 valence electrons. The van der Waals surface area contributed by atoms with Crippen molar-refractivity contribution in [3.63, 3.8) is 0 Å². The van der Waals surface area contributed by atoms with E-state index in [1.165, 1.54) is 0 Å². The van der Waals surface area contributed by atoms with Crippen LogP contribution in [0.15, 0.2) is 6.33 Å². The molecule has 2 aliphatic rings. The highest BCUT2D eigenvalue weighted by Crippen LogP contribution is 2.32. The van der Waals surface area contributed by atoms with E-state index in [-0.39, 0.29) is 11.9 Å². The molecule has 8 heteroatoms. The third-order valence-electron chi connectivity index (χ3n) is 5.06. The summed E-state index contributed by atoms with van der Waals surface area (Å²) in [5.41, 5.74) is 7.05. The molecular weight excluding hydrogens is 320 g/mol. The van der Waals surface area contributed by atoms with Crippen LogP contribution in [0, 0.1) is 5.92 Å². The summed E-state index contributed by atoms with van der Waals surface area (Å²) in [6.45, 7) is 7.64. The fourth-order valence-corrected chi connectivity index (χ4v) is 3.49. The standard InChI is InChI=1S/C17H28N6O2/c1-3-25-17(24)13-4-6-22(7-5-13)15-14(18)16(20-12-19-15)23-10-8-21(2)9-11-23/h12-13H,3-11,18H2,1-2H3. The summed E-state index contributed by atoms with van der Waals surface area (Å²) in [4.78, 5) is 27.4. The van der Waals surface area contributed by atoms with Gasteiger partial charge in [0.15, 0.2) is 11.6 Å². The minimum Gasteiger partial charge on any atom is -0.466 e. The Morgan fingerprint density at radius 2 is 1.68 bits per heavy atom. The van der Waals surface area contributed by atoms with Gasteiger partial charge < -0.3 is 25.2 Å². The van der Waals surface area contributed by atoms with Crippen molar-refractivity contribution >= 4 is 23.3 Å². The van der Waals surface area contributed by atoms with Gasteiger partial charge in [-0.2, -0.15) is 0 Å². The third kappa shape index (κ3) is 3.95. The largest absolute Gasteiger partial charge is 0.466 e. The number of nitrogen functional groups attached to an aromatic ring is 1. The van der Waals surface area contributed by atoms with Crippen LogP contribution >= 0.6 is 0 Å². The maximum absolute atomic E-state index is 11.9. The number of hydrogen-bond donors (Lipinski definition) is 1. The molecule has 3 heterocycles. The van der Waals surface area contributed by atoms with Crippen molar-refractivity contribution < 1.29 is 9.53 Å². The fraction of sp³-hybridized carbons (Fsp3) is 0.706. The molecule has 1 aromatic rings. The van der Waals surface area contributed by atoms with Gasteiger partial charge in [-0.05, 0) is 26.8 Å². The number of ether oxygens (including phenoxy) is 1. The minimum absolute atomic E-state index is 0.0173. The first kappa shape index (κ1) is 17.7. The quantitative estimate of drug-likeness (QED) is 0.791. The van der Waals surface area contributed by atoms with E-state index in [2.05, 4.69) is 31.7 Å². The van der Waals surface area contributed by atoms with Crippen molar-refractivity contribution in [2.45, 2.75) is 19.8 Å². The molecule has 0 aromatic carbocycles. The van der Waals surface area contributed by atoms with Gasteiger partial charge in [-0.3, -0.25) is 4.79 Å². The number of esters is 1. The lowest BCUT2D eigenvalue weighted by molar-refractivity contribution is -0.148. The lowest BCUT2D eigenvalue weighted by Gasteiger charge is -2.36. The number of anilines is 3. The van der Waals surface area contributed by atoms with E-state index in [0.717, 1.165) is 63.7 Å². The van der Waals surface area contributed by atoms with Crippen LogP contribution in [0.2, 0.25) is 0 Å². The number of likely N-dealkylation sites (N-methyl/N-ethyl adjacent to an activating group) is 1. The average Bonchev–Trinajstić information content (AvgIpc) is 2.63. The molecule has 2 N–H and O–H groups in total. The fourth-order valence-electron chi connectivity index (χ4n) is 3.49. The first-order valence-corrected chi connectivity index (χ1v) is 9.05. The summed E-state index contributed by atoms with van der Waals surface area (Å²) < 4.78 is 5.13. The molecular formula is C17H28N6O2. The van der Waals surface area contributed by atoms with E-state index in [4.69, 9.17) is 10.5 Å². The van der Waals surface area contributed by atoms with E-state index in [9.17, 15) is 4.79 Å². The molecule has 3 rings (SSSR count). The lowest BCUT2D eigenvalue weighted by Crippen LogP contribution is -2.45. The molecule has 25 heavy (non-hydrogen) atoms. The Hall–Kier alpha value is -2.09. The normalized spacial score (nSPS) is 19.9. The van der Waals surface area contributed by atoms with Crippen molar-refractivity contribution in [1.82, 2.24) is 14.9 Å². The second kappa shape index (κ2) is 7.86. The summed E-state index contributed by atoms with van der Waals surface area (Å²) in [5, 5.41) is 0. The number of piperidine rings is 1. The number of aromatic nitrogens is 2. The number of rotatable bonds is 4. The van der Waals surface area contributed by atoms with Gasteiger partial charge in [0.2, 0.25) is 0 Å². The van der Waals surface area contributed by atoms with Crippen LogP contribution in [0.4, 0.5) is 17.3 Å². The number of carbonyl (C=O) groups excluding carboxylic acids is 1. The van der Waals surface area contributed by atoms with Crippen LogP contribution in [0.3, 0.4) is 0 Å². The predicted molar refractivity (Wildman–Crippen MR) is 97.7 cm³/mol. The van der Waals surface area contributed by atoms with Crippen LogP contribution in [-0.2, 0) is 9.53 Å². The van der Waals surface area contributed by atoms with Crippen LogP contribution in [-0.4, -0.2) is 73.8 Å². The topological polar surface area (TPSA) is 87.8 Å². The van der Waals surface area contributed by atoms with Crippen LogP contribution in [0.5, 0.6) is 0 Å². The molecule has 0 aliphatic carbocycles. The van der Waals surface area contributed by atoms with E-state index < -0.39 is 0 Å². The molecule has 0 atom stereocenters. The molecule has 0 amide bonds. The highest BCUT2D eigenvalue weighted by Gasteiger charge is 2.28. The Labute approximate surface area is 148 Å². The molecule has 0 saturated carbocycles. The highest BCUT2D eigenvalue weighted by molar-refractivity contribution is 5.77. The maximum Gasteiger partial charge on any atom is 0.309 e. The number of hydrogen-bond acceptors (Lipinski definition) is 8. The molecule has 1 aromatic heterocycles. The molecule has 0 spiro atoms.